The molecule has 0 saturated heterocycles. The molecular weight excluding hydrogens is 212 g/mol. The number of carboxylic acid groups (broad SMARTS) is 2. The van der Waals surface area contributed by atoms with E-state index in [-0.39, 0.29) is 13.2 Å². The van der Waals surface area contributed by atoms with Crippen LogP contribution in [0.3, 0.4) is 0 Å². The number of aliphatic carboxylic acids is 2. The number of aliphatic hydroxyl groups excluding tert-OH is 2. The van der Waals surface area contributed by atoms with Crippen molar-refractivity contribution in [2.24, 2.45) is 0 Å². The topological polar surface area (TPSA) is 115 Å². The molecule has 0 aromatic rings. The largest absolute Gasteiger partial charge is 0.481 e. The smallest absolute Gasteiger partial charge is 0.316 e. The Morgan fingerprint density at radius 3 is 1.64 bits per heavy atom. The SMILES string of the molecule is O=C(O)CC(S)C(=O)O.OCCCO. The van der Waals surface area contributed by atoms with Crippen molar-refractivity contribution in [2.45, 2.75) is 18.1 Å². The summed E-state index contributed by atoms with van der Waals surface area (Å²) >= 11 is 3.48. The van der Waals surface area contributed by atoms with Crippen LogP contribution in [-0.4, -0.2) is 50.8 Å². The molecule has 14 heavy (non-hydrogen) atoms. The van der Waals surface area contributed by atoms with Gasteiger partial charge in [0.05, 0.1) is 6.42 Å². The second-order valence-electron chi connectivity index (χ2n) is 2.25. The summed E-state index contributed by atoms with van der Waals surface area (Å²) in [5, 5.41) is 30.8. The van der Waals surface area contributed by atoms with Gasteiger partial charge < -0.3 is 20.4 Å². The molecule has 0 rings (SSSR count). The molecule has 1 unspecified atom stereocenters. The number of carboxylic acids is 2. The van der Waals surface area contributed by atoms with Crippen LogP contribution in [0.5, 0.6) is 0 Å². The summed E-state index contributed by atoms with van der Waals surface area (Å²) in [5.41, 5.74) is 0. The molecule has 84 valence electrons. The van der Waals surface area contributed by atoms with Gasteiger partial charge in [0.25, 0.3) is 0 Å². The molecule has 0 aromatic carbocycles. The van der Waals surface area contributed by atoms with E-state index in [1.165, 1.54) is 0 Å². The maximum atomic E-state index is 9.90. The van der Waals surface area contributed by atoms with Gasteiger partial charge in [-0.15, -0.1) is 0 Å². The average molecular weight is 226 g/mol. The summed E-state index contributed by atoms with van der Waals surface area (Å²) in [6.45, 7) is 0.188. The molecule has 0 aromatic heterocycles. The monoisotopic (exact) mass is 226 g/mol. The maximum absolute atomic E-state index is 9.90. The first-order valence-corrected chi connectivity index (χ1v) is 4.31. The Hall–Kier alpha value is -0.790. The normalized spacial score (nSPS) is 11.1. The van der Waals surface area contributed by atoms with Crippen LogP contribution >= 0.6 is 12.6 Å². The Balaban J connectivity index is 0. The van der Waals surface area contributed by atoms with Crippen LogP contribution in [0.15, 0.2) is 0 Å². The molecule has 0 bridgehead atoms. The lowest BCUT2D eigenvalue weighted by Gasteiger charge is -1.97. The van der Waals surface area contributed by atoms with Crippen molar-refractivity contribution in [1.29, 1.82) is 0 Å². The average Bonchev–Trinajstić information content (AvgIpc) is 2.05. The van der Waals surface area contributed by atoms with Gasteiger partial charge >= 0.3 is 11.9 Å². The van der Waals surface area contributed by atoms with Gasteiger partial charge in [-0.05, 0) is 6.42 Å². The van der Waals surface area contributed by atoms with Gasteiger partial charge in [-0.3, -0.25) is 9.59 Å². The lowest BCUT2D eigenvalue weighted by molar-refractivity contribution is -0.142. The molecule has 0 aliphatic rings. The van der Waals surface area contributed by atoms with Gasteiger partial charge in [0, 0.05) is 13.2 Å². The lowest BCUT2D eigenvalue weighted by Crippen LogP contribution is -2.17. The van der Waals surface area contributed by atoms with E-state index in [1.807, 2.05) is 0 Å². The van der Waals surface area contributed by atoms with Crippen molar-refractivity contribution in [3.63, 3.8) is 0 Å². The molecule has 4 N–H and O–H groups in total. The number of hydrogen-bond donors (Lipinski definition) is 5. The zero-order chi connectivity index (χ0) is 11.6. The molecule has 7 heteroatoms. The minimum absolute atomic E-state index is 0.0938. The third-order valence-electron chi connectivity index (χ3n) is 0.969. The third-order valence-corrected chi connectivity index (χ3v) is 1.37. The molecule has 0 aliphatic carbocycles. The predicted molar refractivity (Wildman–Crippen MR) is 51.5 cm³/mol. The summed E-state index contributed by atoms with van der Waals surface area (Å²) in [5.74, 6) is -2.36. The maximum Gasteiger partial charge on any atom is 0.316 e. The van der Waals surface area contributed by atoms with Crippen molar-refractivity contribution < 1.29 is 30.0 Å². The van der Waals surface area contributed by atoms with Crippen LogP contribution in [0.25, 0.3) is 0 Å². The molecule has 0 amide bonds. The van der Waals surface area contributed by atoms with Gasteiger partial charge in [-0.25, -0.2) is 0 Å². The lowest BCUT2D eigenvalue weighted by atomic mass is 10.3. The zero-order valence-electron chi connectivity index (χ0n) is 7.46. The number of hydrogen-bond acceptors (Lipinski definition) is 5. The van der Waals surface area contributed by atoms with Crippen molar-refractivity contribution in [2.75, 3.05) is 13.2 Å². The van der Waals surface area contributed by atoms with Gasteiger partial charge in [-0.2, -0.15) is 12.6 Å². The molecule has 0 heterocycles. The quantitative estimate of drug-likeness (QED) is 0.392. The van der Waals surface area contributed by atoms with Crippen LogP contribution in [-0.2, 0) is 9.59 Å². The number of carbonyl (C=O) groups is 2. The molecule has 0 spiro atoms. The fourth-order valence-corrected chi connectivity index (χ4v) is 0.480. The molecular formula is C7H14O6S. The summed E-state index contributed by atoms with van der Waals surface area (Å²) in [7, 11) is 0. The van der Waals surface area contributed by atoms with Crippen molar-refractivity contribution in [3.8, 4) is 0 Å². The number of thiol groups is 1. The Bertz CT molecular complexity index is 170. The molecule has 0 fully saturated rings. The van der Waals surface area contributed by atoms with Gasteiger partial charge in [-0.1, -0.05) is 0 Å². The highest BCUT2D eigenvalue weighted by molar-refractivity contribution is 7.81. The van der Waals surface area contributed by atoms with E-state index in [1.54, 1.807) is 0 Å². The number of aliphatic hydroxyl groups is 2. The fourth-order valence-electron chi connectivity index (χ4n) is 0.323. The van der Waals surface area contributed by atoms with E-state index < -0.39 is 23.6 Å². The van der Waals surface area contributed by atoms with E-state index in [9.17, 15) is 9.59 Å². The van der Waals surface area contributed by atoms with Crippen molar-refractivity contribution in [1.82, 2.24) is 0 Å². The highest BCUT2D eigenvalue weighted by Gasteiger charge is 2.14. The minimum atomic E-state index is -1.21. The van der Waals surface area contributed by atoms with Gasteiger partial charge in [0.1, 0.15) is 5.25 Å². The van der Waals surface area contributed by atoms with Crippen LogP contribution in [0, 0.1) is 0 Å². The van der Waals surface area contributed by atoms with E-state index >= 15 is 0 Å². The summed E-state index contributed by atoms with van der Waals surface area (Å²) in [6.07, 6.45) is 0.0540. The standard InChI is InChI=1S/C4H6O4S.C3H8O2/c5-3(6)1-2(9)4(7)8;4-2-1-3-5/h2,9H,1H2,(H,5,6)(H,7,8);4-5H,1-3H2. The second-order valence-corrected chi connectivity index (χ2v) is 2.88. The predicted octanol–water partition coefficient (Wildman–Crippen LogP) is -0.795. The molecule has 0 radical (unpaired) electrons. The molecule has 0 saturated carbocycles. The third kappa shape index (κ3) is 13.8. The first kappa shape index (κ1) is 15.7. The first-order valence-electron chi connectivity index (χ1n) is 3.80. The van der Waals surface area contributed by atoms with Crippen LogP contribution in [0.1, 0.15) is 12.8 Å². The van der Waals surface area contributed by atoms with Crippen LogP contribution in [0.2, 0.25) is 0 Å². The van der Waals surface area contributed by atoms with E-state index in [4.69, 9.17) is 20.4 Å². The molecule has 6 nitrogen and oxygen atoms in total. The van der Waals surface area contributed by atoms with Crippen molar-refractivity contribution in [3.05, 3.63) is 0 Å². The molecule has 1 atom stereocenters. The Labute approximate surface area is 86.6 Å². The van der Waals surface area contributed by atoms with E-state index in [2.05, 4.69) is 12.6 Å². The summed E-state index contributed by atoms with van der Waals surface area (Å²) in [4.78, 5) is 19.7. The Morgan fingerprint density at radius 2 is 1.57 bits per heavy atom. The van der Waals surface area contributed by atoms with Crippen molar-refractivity contribution >= 4 is 24.6 Å². The highest BCUT2D eigenvalue weighted by atomic mass is 32.1. The van der Waals surface area contributed by atoms with Gasteiger partial charge in [0.15, 0.2) is 0 Å². The highest BCUT2D eigenvalue weighted by Crippen LogP contribution is 1.99. The summed E-state index contributed by atoms with van der Waals surface area (Å²) in [6, 6.07) is 0. The van der Waals surface area contributed by atoms with E-state index in [0.29, 0.717) is 6.42 Å². The first-order chi connectivity index (χ1) is 6.45. The second kappa shape index (κ2) is 10.3. The summed E-state index contributed by atoms with van der Waals surface area (Å²) < 4.78 is 0. The zero-order valence-corrected chi connectivity index (χ0v) is 8.35. The van der Waals surface area contributed by atoms with Crippen LogP contribution in [0.4, 0.5) is 0 Å². The Kier molecular flexibility index (Phi) is 11.5. The number of rotatable bonds is 5. The Morgan fingerprint density at radius 1 is 1.14 bits per heavy atom. The van der Waals surface area contributed by atoms with E-state index in [0.717, 1.165) is 0 Å². The minimum Gasteiger partial charge on any atom is -0.481 e. The molecule has 0 aliphatic heterocycles. The van der Waals surface area contributed by atoms with Crippen LogP contribution < -0.4 is 0 Å². The van der Waals surface area contributed by atoms with Gasteiger partial charge in [0.2, 0.25) is 0 Å². The fraction of sp³-hybridized carbons (Fsp3) is 0.714.